The van der Waals surface area contributed by atoms with E-state index < -0.39 is 11.4 Å². The minimum Gasteiger partial charge on any atom is -0.389 e. The summed E-state index contributed by atoms with van der Waals surface area (Å²) in [6, 6.07) is 0. The first-order valence-corrected chi connectivity index (χ1v) is 5.81. The van der Waals surface area contributed by atoms with E-state index in [1.807, 2.05) is 6.92 Å². The van der Waals surface area contributed by atoms with E-state index >= 15 is 0 Å². The van der Waals surface area contributed by atoms with Crippen molar-refractivity contribution in [3.63, 3.8) is 0 Å². The fraction of sp³-hybridized carbons (Fsp3) is 1.00. The van der Waals surface area contributed by atoms with Gasteiger partial charge in [0, 0.05) is 12.8 Å². The third-order valence-electron chi connectivity index (χ3n) is 3.83. The summed E-state index contributed by atoms with van der Waals surface area (Å²) < 4.78 is 11.3. The van der Waals surface area contributed by atoms with Crippen molar-refractivity contribution >= 4 is 0 Å². The van der Waals surface area contributed by atoms with Crippen LogP contribution in [0.5, 0.6) is 0 Å². The molecular formula is C11H21NO3. The zero-order valence-corrected chi connectivity index (χ0v) is 9.37. The van der Waals surface area contributed by atoms with Crippen molar-refractivity contribution in [2.24, 2.45) is 11.7 Å². The summed E-state index contributed by atoms with van der Waals surface area (Å²) in [5, 5.41) is 10.5. The molecule has 0 aromatic heterocycles. The molecule has 1 heterocycles. The van der Waals surface area contributed by atoms with Gasteiger partial charge in [-0.05, 0) is 25.3 Å². The zero-order chi connectivity index (χ0) is 10.9. The van der Waals surface area contributed by atoms with Crippen LogP contribution in [0.15, 0.2) is 0 Å². The molecule has 1 saturated heterocycles. The van der Waals surface area contributed by atoms with Crippen LogP contribution in [0.3, 0.4) is 0 Å². The lowest BCUT2D eigenvalue weighted by Crippen LogP contribution is -2.51. The lowest BCUT2D eigenvalue weighted by molar-refractivity contribution is -0.226. The Labute approximate surface area is 90.7 Å². The molecule has 1 aliphatic carbocycles. The Kier molecular flexibility index (Phi) is 3.03. The number of ether oxygens (including phenoxy) is 2. The Balaban J connectivity index is 2.08. The van der Waals surface area contributed by atoms with Gasteiger partial charge in [0.2, 0.25) is 0 Å². The molecule has 4 nitrogen and oxygen atoms in total. The minimum atomic E-state index is -0.711. The molecule has 2 unspecified atom stereocenters. The lowest BCUT2D eigenvalue weighted by atomic mass is 9.74. The molecular weight excluding hydrogens is 194 g/mol. The van der Waals surface area contributed by atoms with Crippen LogP contribution in [0.2, 0.25) is 0 Å². The minimum absolute atomic E-state index is 0.0995. The topological polar surface area (TPSA) is 64.7 Å². The van der Waals surface area contributed by atoms with E-state index in [-0.39, 0.29) is 5.92 Å². The Hall–Kier alpha value is -0.160. The fourth-order valence-corrected chi connectivity index (χ4v) is 2.69. The molecule has 0 aromatic rings. The van der Waals surface area contributed by atoms with E-state index in [0.717, 1.165) is 19.3 Å². The molecule has 2 rings (SSSR count). The van der Waals surface area contributed by atoms with Crippen molar-refractivity contribution < 1.29 is 14.6 Å². The van der Waals surface area contributed by atoms with Crippen molar-refractivity contribution in [3.8, 4) is 0 Å². The summed E-state index contributed by atoms with van der Waals surface area (Å²) >= 11 is 0. The molecule has 15 heavy (non-hydrogen) atoms. The van der Waals surface area contributed by atoms with Crippen LogP contribution in [-0.4, -0.2) is 36.3 Å². The average molecular weight is 215 g/mol. The Morgan fingerprint density at radius 3 is 2.60 bits per heavy atom. The van der Waals surface area contributed by atoms with E-state index in [0.29, 0.717) is 26.2 Å². The van der Waals surface area contributed by atoms with Crippen molar-refractivity contribution in [2.45, 2.75) is 44.0 Å². The molecule has 4 heteroatoms. The summed E-state index contributed by atoms with van der Waals surface area (Å²) in [4.78, 5) is 0. The second kappa shape index (κ2) is 4.01. The normalized spacial score (nSPS) is 37.0. The predicted octanol–water partition coefficient (Wildman–Crippen LogP) is 0.629. The highest BCUT2D eigenvalue weighted by molar-refractivity contribution is 4.96. The fourth-order valence-electron chi connectivity index (χ4n) is 2.69. The van der Waals surface area contributed by atoms with Crippen LogP contribution in [0.1, 0.15) is 32.6 Å². The highest BCUT2D eigenvalue weighted by atomic mass is 16.7. The summed E-state index contributed by atoms with van der Waals surface area (Å²) in [5.41, 5.74) is 4.92. The van der Waals surface area contributed by atoms with Gasteiger partial charge in [-0.1, -0.05) is 6.92 Å². The third-order valence-corrected chi connectivity index (χ3v) is 3.83. The summed E-state index contributed by atoms with van der Waals surface area (Å²) in [6.07, 6.45) is 3.21. The maximum Gasteiger partial charge on any atom is 0.171 e. The SMILES string of the molecule is CC(CN)C1(O)CCCC2(C1)OCCO2. The van der Waals surface area contributed by atoms with Gasteiger partial charge in [0.15, 0.2) is 5.79 Å². The van der Waals surface area contributed by atoms with Gasteiger partial charge in [0.1, 0.15) is 0 Å². The van der Waals surface area contributed by atoms with Crippen LogP contribution in [0.25, 0.3) is 0 Å². The van der Waals surface area contributed by atoms with Crippen LogP contribution in [0.4, 0.5) is 0 Å². The largest absolute Gasteiger partial charge is 0.389 e. The monoisotopic (exact) mass is 215 g/mol. The third kappa shape index (κ3) is 2.04. The van der Waals surface area contributed by atoms with Gasteiger partial charge < -0.3 is 20.3 Å². The summed E-state index contributed by atoms with van der Waals surface area (Å²) in [6.45, 7) is 3.79. The number of rotatable bonds is 2. The summed E-state index contributed by atoms with van der Waals surface area (Å²) in [5.74, 6) is -0.418. The van der Waals surface area contributed by atoms with Crippen molar-refractivity contribution in [3.05, 3.63) is 0 Å². The van der Waals surface area contributed by atoms with Gasteiger partial charge in [-0.15, -0.1) is 0 Å². The molecule has 1 aliphatic heterocycles. The smallest absolute Gasteiger partial charge is 0.171 e. The van der Waals surface area contributed by atoms with Gasteiger partial charge in [-0.25, -0.2) is 0 Å². The number of aliphatic hydroxyl groups is 1. The van der Waals surface area contributed by atoms with Gasteiger partial charge in [-0.2, -0.15) is 0 Å². The Bertz CT molecular complexity index is 228. The maximum absolute atomic E-state index is 10.5. The first kappa shape index (κ1) is 11.3. The van der Waals surface area contributed by atoms with E-state index in [4.69, 9.17) is 15.2 Å². The van der Waals surface area contributed by atoms with Gasteiger partial charge in [0.25, 0.3) is 0 Å². The van der Waals surface area contributed by atoms with Gasteiger partial charge >= 0.3 is 0 Å². The maximum atomic E-state index is 10.5. The van der Waals surface area contributed by atoms with Crippen LogP contribution in [-0.2, 0) is 9.47 Å². The van der Waals surface area contributed by atoms with Crippen LogP contribution < -0.4 is 5.73 Å². The van der Waals surface area contributed by atoms with E-state index in [9.17, 15) is 5.11 Å². The van der Waals surface area contributed by atoms with Gasteiger partial charge in [-0.3, -0.25) is 0 Å². The molecule has 0 bridgehead atoms. The highest BCUT2D eigenvalue weighted by Gasteiger charge is 2.49. The van der Waals surface area contributed by atoms with Crippen molar-refractivity contribution in [2.75, 3.05) is 19.8 Å². The first-order chi connectivity index (χ1) is 7.10. The number of hydrogen-bond donors (Lipinski definition) is 2. The highest BCUT2D eigenvalue weighted by Crippen LogP contribution is 2.43. The number of hydrogen-bond acceptors (Lipinski definition) is 4. The Morgan fingerprint density at radius 2 is 2.00 bits per heavy atom. The summed E-state index contributed by atoms with van der Waals surface area (Å²) in [7, 11) is 0. The molecule has 0 amide bonds. The molecule has 88 valence electrons. The molecule has 1 saturated carbocycles. The Morgan fingerprint density at radius 1 is 1.33 bits per heavy atom. The quantitative estimate of drug-likeness (QED) is 0.709. The standard InChI is InChI=1S/C11H21NO3/c1-9(7-12)10(13)3-2-4-11(8-10)14-5-6-15-11/h9,13H,2-8,12H2,1H3. The van der Waals surface area contributed by atoms with E-state index in [1.54, 1.807) is 0 Å². The first-order valence-electron chi connectivity index (χ1n) is 5.81. The molecule has 0 radical (unpaired) electrons. The molecule has 2 aliphatic rings. The predicted molar refractivity (Wildman–Crippen MR) is 56.3 cm³/mol. The van der Waals surface area contributed by atoms with Crippen molar-refractivity contribution in [1.29, 1.82) is 0 Å². The van der Waals surface area contributed by atoms with E-state index in [2.05, 4.69) is 0 Å². The van der Waals surface area contributed by atoms with E-state index in [1.165, 1.54) is 0 Å². The van der Waals surface area contributed by atoms with Crippen LogP contribution in [0, 0.1) is 5.92 Å². The molecule has 2 atom stereocenters. The molecule has 3 N–H and O–H groups in total. The second-order valence-corrected chi connectivity index (χ2v) is 4.88. The van der Waals surface area contributed by atoms with Gasteiger partial charge in [0.05, 0.1) is 18.8 Å². The lowest BCUT2D eigenvalue weighted by Gasteiger charge is -2.44. The number of nitrogens with two attached hydrogens (primary N) is 1. The molecule has 1 spiro atoms. The van der Waals surface area contributed by atoms with Crippen LogP contribution >= 0.6 is 0 Å². The molecule has 0 aromatic carbocycles. The van der Waals surface area contributed by atoms with Crippen molar-refractivity contribution in [1.82, 2.24) is 0 Å². The average Bonchev–Trinajstić information content (AvgIpc) is 2.64. The molecule has 2 fully saturated rings. The zero-order valence-electron chi connectivity index (χ0n) is 9.37. The second-order valence-electron chi connectivity index (χ2n) is 4.88.